The minimum atomic E-state index is -0.586. The van der Waals surface area contributed by atoms with E-state index < -0.39 is 11.9 Å². The van der Waals surface area contributed by atoms with Crippen molar-refractivity contribution in [1.29, 1.82) is 5.26 Å². The molecule has 0 unspecified atom stereocenters. The Hall–Kier alpha value is -4.19. The van der Waals surface area contributed by atoms with E-state index in [4.69, 9.17) is 19.3 Å². The SMILES string of the molecule is COc1ccccc1-c1noc(COC(=O)c2ccc(NC(=O)CC#N)cc2)n1. The summed E-state index contributed by atoms with van der Waals surface area (Å²) >= 11 is 0. The van der Waals surface area contributed by atoms with Gasteiger partial charge in [0.1, 0.15) is 12.2 Å². The van der Waals surface area contributed by atoms with Crippen LogP contribution < -0.4 is 10.1 Å². The molecule has 9 heteroatoms. The maximum absolute atomic E-state index is 12.2. The molecule has 0 bridgehead atoms. The third-order valence-corrected chi connectivity index (χ3v) is 3.79. The van der Waals surface area contributed by atoms with Crippen LogP contribution >= 0.6 is 0 Å². The van der Waals surface area contributed by atoms with Crippen molar-refractivity contribution in [2.45, 2.75) is 13.0 Å². The zero-order valence-electron chi connectivity index (χ0n) is 15.4. The number of methoxy groups -OCH3 is 1. The summed E-state index contributed by atoms with van der Waals surface area (Å²) in [7, 11) is 1.54. The number of carbonyl (C=O) groups excluding carboxylic acids is 2. The molecule has 0 atom stereocenters. The van der Waals surface area contributed by atoms with Crippen LogP contribution in [0.25, 0.3) is 11.4 Å². The standard InChI is InChI=1S/C20H16N4O5/c1-27-16-5-3-2-4-15(16)19-23-18(29-24-19)12-28-20(26)13-6-8-14(9-7-13)22-17(25)10-11-21/h2-9H,10,12H2,1H3,(H,22,25). The van der Waals surface area contributed by atoms with E-state index in [0.29, 0.717) is 22.8 Å². The Morgan fingerprint density at radius 1 is 1.17 bits per heavy atom. The number of ether oxygens (including phenoxy) is 2. The molecule has 9 nitrogen and oxygen atoms in total. The number of nitriles is 1. The van der Waals surface area contributed by atoms with Crippen molar-refractivity contribution in [2.75, 3.05) is 12.4 Å². The van der Waals surface area contributed by atoms with E-state index in [1.807, 2.05) is 12.1 Å². The first-order valence-electron chi connectivity index (χ1n) is 8.50. The van der Waals surface area contributed by atoms with Gasteiger partial charge in [-0.25, -0.2) is 4.79 Å². The second-order valence-electron chi connectivity index (χ2n) is 5.75. The summed E-state index contributed by atoms with van der Waals surface area (Å²) in [6.45, 7) is -0.193. The highest BCUT2D eigenvalue weighted by Crippen LogP contribution is 2.27. The Kier molecular flexibility index (Phi) is 6.17. The number of carbonyl (C=O) groups is 2. The predicted molar refractivity (Wildman–Crippen MR) is 101 cm³/mol. The van der Waals surface area contributed by atoms with E-state index in [1.54, 1.807) is 37.4 Å². The van der Waals surface area contributed by atoms with Crippen LogP contribution in [0.2, 0.25) is 0 Å². The van der Waals surface area contributed by atoms with Gasteiger partial charge >= 0.3 is 5.97 Å². The van der Waals surface area contributed by atoms with Gasteiger partial charge in [0.25, 0.3) is 5.89 Å². The highest BCUT2D eigenvalue weighted by Gasteiger charge is 2.15. The molecule has 0 saturated heterocycles. The zero-order valence-corrected chi connectivity index (χ0v) is 15.4. The van der Waals surface area contributed by atoms with Gasteiger partial charge in [-0.2, -0.15) is 10.2 Å². The van der Waals surface area contributed by atoms with Crippen molar-refractivity contribution in [3.63, 3.8) is 0 Å². The van der Waals surface area contributed by atoms with E-state index in [9.17, 15) is 9.59 Å². The Labute approximate surface area is 165 Å². The number of hydrogen-bond acceptors (Lipinski definition) is 8. The molecule has 1 N–H and O–H groups in total. The molecule has 0 aliphatic carbocycles. The molecule has 0 aliphatic heterocycles. The van der Waals surface area contributed by atoms with Crippen LogP contribution in [0.15, 0.2) is 53.1 Å². The van der Waals surface area contributed by atoms with Crippen LogP contribution in [0.4, 0.5) is 5.69 Å². The molecule has 0 spiro atoms. The van der Waals surface area contributed by atoms with E-state index in [-0.39, 0.29) is 24.5 Å². The van der Waals surface area contributed by atoms with Gasteiger partial charge in [0.15, 0.2) is 6.61 Å². The molecular weight excluding hydrogens is 376 g/mol. The van der Waals surface area contributed by atoms with Crippen LogP contribution in [0.1, 0.15) is 22.7 Å². The van der Waals surface area contributed by atoms with Gasteiger partial charge in [-0.1, -0.05) is 17.3 Å². The van der Waals surface area contributed by atoms with Gasteiger partial charge in [-0.3, -0.25) is 4.79 Å². The maximum Gasteiger partial charge on any atom is 0.338 e. The van der Waals surface area contributed by atoms with Crippen molar-refractivity contribution in [2.24, 2.45) is 0 Å². The topological polar surface area (TPSA) is 127 Å². The first-order valence-corrected chi connectivity index (χ1v) is 8.50. The number of nitrogens with zero attached hydrogens (tertiary/aromatic N) is 3. The van der Waals surface area contributed by atoms with E-state index in [1.165, 1.54) is 12.1 Å². The van der Waals surface area contributed by atoms with E-state index in [2.05, 4.69) is 15.5 Å². The van der Waals surface area contributed by atoms with Crippen molar-refractivity contribution < 1.29 is 23.6 Å². The van der Waals surface area contributed by atoms with Crippen LogP contribution in [-0.2, 0) is 16.1 Å². The Balaban J connectivity index is 1.59. The summed E-state index contributed by atoms with van der Waals surface area (Å²) in [6, 6.07) is 15.0. The van der Waals surface area contributed by atoms with Crippen molar-refractivity contribution in [3.8, 4) is 23.2 Å². The molecule has 0 radical (unpaired) electrons. The average molecular weight is 392 g/mol. The number of anilines is 1. The van der Waals surface area contributed by atoms with E-state index >= 15 is 0 Å². The highest BCUT2D eigenvalue weighted by atomic mass is 16.6. The minimum Gasteiger partial charge on any atom is -0.496 e. The first kappa shape index (κ1) is 19.6. The predicted octanol–water partition coefficient (Wildman–Crippen LogP) is 2.95. The number of amides is 1. The number of para-hydroxylation sites is 1. The number of benzene rings is 2. The fourth-order valence-corrected chi connectivity index (χ4v) is 2.43. The largest absolute Gasteiger partial charge is 0.496 e. The number of aromatic nitrogens is 2. The highest BCUT2D eigenvalue weighted by molar-refractivity contribution is 5.93. The lowest BCUT2D eigenvalue weighted by Crippen LogP contribution is -2.10. The van der Waals surface area contributed by atoms with Crippen LogP contribution in [-0.4, -0.2) is 29.1 Å². The van der Waals surface area contributed by atoms with Gasteiger partial charge in [0.05, 0.1) is 24.3 Å². The van der Waals surface area contributed by atoms with Crippen molar-refractivity contribution >= 4 is 17.6 Å². The minimum absolute atomic E-state index is 0.139. The molecule has 146 valence electrons. The van der Waals surface area contributed by atoms with Crippen LogP contribution in [0.5, 0.6) is 5.75 Å². The molecule has 1 heterocycles. The summed E-state index contributed by atoms with van der Waals surface area (Å²) in [5.74, 6) is 0.0476. The number of nitrogens with one attached hydrogen (secondary N) is 1. The Morgan fingerprint density at radius 2 is 1.93 bits per heavy atom. The third-order valence-electron chi connectivity index (χ3n) is 3.79. The van der Waals surface area contributed by atoms with Crippen LogP contribution in [0.3, 0.4) is 0 Å². The Morgan fingerprint density at radius 3 is 2.66 bits per heavy atom. The maximum atomic E-state index is 12.2. The lowest BCUT2D eigenvalue weighted by molar-refractivity contribution is -0.115. The molecule has 0 saturated carbocycles. The average Bonchev–Trinajstić information content (AvgIpc) is 3.21. The molecule has 3 rings (SSSR count). The lowest BCUT2D eigenvalue weighted by Gasteiger charge is -2.05. The van der Waals surface area contributed by atoms with Gasteiger partial charge < -0.3 is 19.3 Å². The molecule has 0 aliphatic rings. The molecule has 1 amide bonds. The first-order chi connectivity index (χ1) is 14.1. The van der Waals surface area contributed by atoms with Crippen molar-refractivity contribution in [3.05, 3.63) is 60.0 Å². The lowest BCUT2D eigenvalue weighted by atomic mass is 10.2. The second-order valence-corrected chi connectivity index (χ2v) is 5.75. The van der Waals surface area contributed by atoms with Crippen molar-refractivity contribution in [1.82, 2.24) is 10.1 Å². The van der Waals surface area contributed by atoms with Crippen LogP contribution in [0, 0.1) is 11.3 Å². The summed E-state index contributed by atoms with van der Waals surface area (Å²) in [6.07, 6.45) is -0.245. The molecule has 29 heavy (non-hydrogen) atoms. The zero-order chi connectivity index (χ0) is 20.6. The molecule has 0 fully saturated rings. The quantitative estimate of drug-likeness (QED) is 0.608. The fourth-order valence-electron chi connectivity index (χ4n) is 2.43. The number of esters is 1. The van der Waals surface area contributed by atoms with Gasteiger partial charge in [0.2, 0.25) is 11.7 Å². The smallest absolute Gasteiger partial charge is 0.338 e. The molecular formula is C20H16N4O5. The normalized spacial score (nSPS) is 10.1. The third kappa shape index (κ3) is 4.95. The number of hydrogen-bond donors (Lipinski definition) is 1. The molecule has 2 aromatic carbocycles. The summed E-state index contributed by atoms with van der Waals surface area (Å²) in [4.78, 5) is 27.8. The fraction of sp³-hybridized carbons (Fsp3) is 0.150. The number of rotatable bonds is 7. The van der Waals surface area contributed by atoms with Gasteiger partial charge in [-0.15, -0.1) is 0 Å². The summed E-state index contributed by atoms with van der Waals surface area (Å²) < 4.78 is 15.6. The van der Waals surface area contributed by atoms with E-state index in [0.717, 1.165) is 0 Å². The Bertz CT molecular complexity index is 1050. The summed E-state index contributed by atoms with van der Waals surface area (Å²) in [5, 5.41) is 14.9. The second kappa shape index (κ2) is 9.14. The van der Waals surface area contributed by atoms with Gasteiger partial charge in [0, 0.05) is 5.69 Å². The van der Waals surface area contributed by atoms with Gasteiger partial charge in [-0.05, 0) is 36.4 Å². The molecule has 3 aromatic rings. The molecule has 1 aromatic heterocycles. The summed E-state index contributed by atoms with van der Waals surface area (Å²) in [5.41, 5.74) is 1.42. The monoisotopic (exact) mass is 392 g/mol.